The van der Waals surface area contributed by atoms with Crippen molar-refractivity contribution in [3.63, 3.8) is 0 Å². The van der Waals surface area contributed by atoms with Crippen molar-refractivity contribution < 1.29 is 10.0 Å². The van der Waals surface area contributed by atoms with Gasteiger partial charge in [-0.2, -0.15) is 5.26 Å². The third-order valence-electron chi connectivity index (χ3n) is 4.26. The Kier molecular flexibility index (Phi) is 6.20. The normalized spacial score (nSPS) is 17.8. The van der Waals surface area contributed by atoms with Crippen molar-refractivity contribution in [2.75, 3.05) is 18.1 Å². The van der Waals surface area contributed by atoms with Gasteiger partial charge in [-0.05, 0) is 44.6 Å². The van der Waals surface area contributed by atoms with E-state index >= 15 is 0 Å². The SMILES string of the molecule is N#Cc1cc([N+](=O)[O-])c(N2CCCC[C@H]2CCCCO)cc1Cl. The van der Waals surface area contributed by atoms with Crippen molar-refractivity contribution in [3.05, 3.63) is 32.8 Å². The fraction of sp³-hybridized carbons (Fsp3) is 0.562. The van der Waals surface area contributed by atoms with Gasteiger partial charge in [0.05, 0.1) is 15.5 Å². The molecule has 1 aliphatic heterocycles. The topological polar surface area (TPSA) is 90.4 Å². The predicted octanol–water partition coefficient (Wildman–Crippen LogP) is 3.64. The minimum absolute atomic E-state index is 0.0694. The van der Waals surface area contributed by atoms with E-state index in [2.05, 4.69) is 0 Å². The van der Waals surface area contributed by atoms with E-state index in [-0.39, 0.29) is 28.9 Å². The Balaban J connectivity index is 2.35. The molecule has 0 aromatic heterocycles. The van der Waals surface area contributed by atoms with Gasteiger partial charge in [0.15, 0.2) is 0 Å². The number of hydrogen-bond acceptors (Lipinski definition) is 5. The molecule has 0 amide bonds. The number of aliphatic hydroxyl groups is 1. The highest BCUT2D eigenvalue weighted by molar-refractivity contribution is 6.32. The van der Waals surface area contributed by atoms with E-state index in [1.165, 1.54) is 6.07 Å². The number of halogens is 1. The zero-order valence-electron chi connectivity index (χ0n) is 12.9. The number of nitrogens with zero attached hydrogens (tertiary/aromatic N) is 3. The molecule has 0 unspecified atom stereocenters. The van der Waals surface area contributed by atoms with E-state index in [4.69, 9.17) is 22.0 Å². The Bertz CT molecular complexity index is 615. The van der Waals surface area contributed by atoms with Crippen molar-refractivity contribution in [1.82, 2.24) is 0 Å². The molecule has 0 bridgehead atoms. The summed E-state index contributed by atoms with van der Waals surface area (Å²) in [6.07, 6.45) is 5.55. The van der Waals surface area contributed by atoms with Gasteiger partial charge in [0, 0.05) is 25.3 Å². The molecular formula is C16H20ClN3O3. The van der Waals surface area contributed by atoms with Gasteiger partial charge in [0.2, 0.25) is 0 Å². The van der Waals surface area contributed by atoms with Crippen LogP contribution in [0.15, 0.2) is 12.1 Å². The number of nitro groups is 1. The van der Waals surface area contributed by atoms with Crippen LogP contribution in [0.25, 0.3) is 0 Å². The lowest BCUT2D eigenvalue weighted by Crippen LogP contribution is -2.40. The van der Waals surface area contributed by atoms with Crippen LogP contribution >= 0.6 is 11.6 Å². The number of unbranched alkanes of at least 4 members (excludes halogenated alkanes) is 1. The summed E-state index contributed by atoms with van der Waals surface area (Å²) in [5, 5.41) is 29.6. The summed E-state index contributed by atoms with van der Waals surface area (Å²) in [5.74, 6) is 0. The predicted molar refractivity (Wildman–Crippen MR) is 88.7 cm³/mol. The second-order valence-corrected chi connectivity index (χ2v) is 6.16. The summed E-state index contributed by atoms with van der Waals surface area (Å²) < 4.78 is 0. The molecule has 1 saturated heterocycles. The van der Waals surface area contributed by atoms with Gasteiger partial charge in [-0.25, -0.2) is 0 Å². The van der Waals surface area contributed by atoms with E-state index in [0.29, 0.717) is 5.69 Å². The lowest BCUT2D eigenvalue weighted by atomic mass is 9.96. The molecule has 0 spiro atoms. The van der Waals surface area contributed by atoms with Crippen molar-refractivity contribution in [2.45, 2.75) is 44.6 Å². The Morgan fingerprint density at radius 3 is 2.87 bits per heavy atom. The first-order valence-electron chi connectivity index (χ1n) is 7.84. The molecule has 1 atom stereocenters. The molecule has 124 valence electrons. The van der Waals surface area contributed by atoms with Crippen LogP contribution in [0, 0.1) is 21.4 Å². The summed E-state index contributed by atoms with van der Waals surface area (Å²) in [6, 6.07) is 4.90. The first-order chi connectivity index (χ1) is 11.1. The third kappa shape index (κ3) is 4.12. The highest BCUT2D eigenvalue weighted by Crippen LogP contribution is 2.37. The number of piperidine rings is 1. The van der Waals surface area contributed by atoms with E-state index in [1.807, 2.05) is 11.0 Å². The van der Waals surface area contributed by atoms with Crippen LogP contribution in [0.1, 0.15) is 44.1 Å². The smallest absolute Gasteiger partial charge is 0.293 e. The Morgan fingerprint density at radius 1 is 1.43 bits per heavy atom. The number of nitro benzene ring substituents is 1. The second kappa shape index (κ2) is 8.14. The van der Waals surface area contributed by atoms with Crippen LogP contribution < -0.4 is 4.90 Å². The van der Waals surface area contributed by atoms with E-state index in [9.17, 15) is 10.1 Å². The quantitative estimate of drug-likeness (QED) is 0.486. The summed E-state index contributed by atoms with van der Waals surface area (Å²) in [6.45, 7) is 0.905. The van der Waals surface area contributed by atoms with E-state index in [0.717, 1.165) is 45.1 Å². The standard InChI is InChI=1S/C16H20ClN3O3/c17-14-10-15(16(20(22)23)9-12(14)11-18)19-7-3-1-5-13(19)6-2-4-8-21/h9-10,13,21H,1-8H2/t13-/m0/s1. The molecule has 1 fully saturated rings. The molecular weight excluding hydrogens is 318 g/mol. The number of aliphatic hydroxyl groups excluding tert-OH is 1. The minimum Gasteiger partial charge on any atom is -0.396 e. The molecule has 1 aromatic carbocycles. The average molecular weight is 338 g/mol. The zero-order valence-corrected chi connectivity index (χ0v) is 13.6. The van der Waals surface area contributed by atoms with Crippen molar-refractivity contribution in [1.29, 1.82) is 5.26 Å². The molecule has 0 radical (unpaired) electrons. The summed E-state index contributed by atoms with van der Waals surface area (Å²) in [7, 11) is 0. The van der Waals surface area contributed by atoms with Crippen LogP contribution in [0.4, 0.5) is 11.4 Å². The lowest BCUT2D eigenvalue weighted by Gasteiger charge is -2.37. The van der Waals surface area contributed by atoms with Gasteiger partial charge in [-0.1, -0.05) is 11.6 Å². The van der Waals surface area contributed by atoms with Crippen molar-refractivity contribution >= 4 is 23.0 Å². The minimum atomic E-state index is -0.452. The maximum Gasteiger partial charge on any atom is 0.293 e. The van der Waals surface area contributed by atoms with Gasteiger partial charge in [0.25, 0.3) is 5.69 Å². The average Bonchev–Trinajstić information content (AvgIpc) is 2.55. The molecule has 1 N–H and O–H groups in total. The molecule has 6 nitrogen and oxygen atoms in total. The highest BCUT2D eigenvalue weighted by Gasteiger charge is 2.29. The fourth-order valence-corrected chi connectivity index (χ4v) is 3.32. The van der Waals surface area contributed by atoms with Gasteiger partial charge in [0.1, 0.15) is 11.8 Å². The first kappa shape index (κ1) is 17.5. The maximum atomic E-state index is 11.4. The Labute approximate surface area is 140 Å². The monoisotopic (exact) mass is 337 g/mol. The van der Waals surface area contributed by atoms with Gasteiger partial charge < -0.3 is 10.0 Å². The molecule has 1 aliphatic rings. The van der Waals surface area contributed by atoms with Crippen LogP contribution in [-0.2, 0) is 0 Å². The Hall–Kier alpha value is -1.84. The van der Waals surface area contributed by atoms with Crippen LogP contribution in [-0.4, -0.2) is 29.2 Å². The van der Waals surface area contributed by atoms with Crippen molar-refractivity contribution in [2.24, 2.45) is 0 Å². The zero-order chi connectivity index (χ0) is 16.8. The number of benzene rings is 1. The largest absolute Gasteiger partial charge is 0.396 e. The van der Waals surface area contributed by atoms with Gasteiger partial charge in [-0.15, -0.1) is 0 Å². The summed E-state index contributed by atoms with van der Waals surface area (Å²) >= 11 is 6.10. The molecule has 0 saturated carbocycles. The van der Waals surface area contributed by atoms with Gasteiger partial charge >= 0.3 is 0 Å². The Morgan fingerprint density at radius 2 is 2.22 bits per heavy atom. The second-order valence-electron chi connectivity index (χ2n) is 5.75. The van der Waals surface area contributed by atoms with Crippen molar-refractivity contribution in [3.8, 4) is 6.07 Å². The van der Waals surface area contributed by atoms with E-state index in [1.54, 1.807) is 6.07 Å². The van der Waals surface area contributed by atoms with Crippen LogP contribution in [0.2, 0.25) is 5.02 Å². The maximum absolute atomic E-state index is 11.4. The number of nitriles is 1. The lowest BCUT2D eigenvalue weighted by molar-refractivity contribution is -0.384. The first-order valence-corrected chi connectivity index (χ1v) is 8.21. The summed E-state index contributed by atoms with van der Waals surface area (Å²) in [5.41, 5.74) is 0.545. The molecule has 1 heterocycles. The number of hydrogen-bond donors (Lipinski definition) is 1. The molecule has 1 aromatic rings. The summed E-state index contributed by atoms with van der Waals surface area (Å²) in [4.78, 5) is 13.0. The van der Waals surface area contributed by atoms with E-state index < -0.39 is 4.92 Å². The molecule has 23 heavy (non-hydrogen) atoms. The number of anilines is 1. The number of rotatable bonds is 6. The molecule has 0 aliphatic carbocycles. The highest BCUT2D eigenvalue weighted by atomic mass is 35.5. The fourth-order valence-electron chi connectivity index (χ4n) is 3.12. The molecule has 2 rings (SSSR count). The third-order valence-corrected chi connectivity index (χ3v) is 4.58. The van der Waals surface area contributed by atoms with Gasteiger partial charge in [-0.3, -0.25) is 10.1 Å². The van der Waals surface area contributed by atoms with Crippen LogP contribution in [0.3, 0.4) is 0 Å². The van der Waals surface area contributed by atoms with Crippen LogP contribution in [0.5, 0.6) is 0 Å². The molecule has 7 heteroatoms.